The summed E-state index contributed by atoms with van der Waals surface area (Å²) in [5, 5.41) is 0.501. The van der Waals surface area contributed by atoms with Gasteiger partial charge < -0.3 is 9.15 Å². The number of benzene rings is 2. The Balaban J connectivity index is 2.02. The van der Waals surface area contributed by atoms with Crippen LogP contribution in [0.4, 0.5) is 5.69 Å². The number of aryl methyl sites for hydroxylation is 2. The highest BCUT2D eigenvalue weighted by Crippen LogP contribution is 2.32. The van der Waals surface area contributed by atoms with Gasteiger partial charge in [0.1, 0.15) is 16.9 Å². The summed E-state index contributed by atoms with van der Waals surface area (Å²) < 4.78 is 38.9. The Kier molecular flexibility index (Phi) is 5.21. The molecule has 0 spiro atoms. The minimum atomic E-state index is -3.80. The van der Waals surface area contributed by atoms with Gasteiger partial charge in [-0.05, 0) is 54.7 Å². The van der Waals surface area contributed by atoms with Crippen molar-refractivity contribution >= 4 is 32.6 Å². The van der Waals surface area contributed by atoms with Gasteiger partial charge in [-0.3, -0.25) is 4.72 Å². The van der Waals surface area contributed by atoms with Crippen molar-refractivity contribution in [1.82, 2.24) is 0 Å². The number of anilines is 1. The van der Waals surface area contributed by atoms with Gasteiger partial charge in [0.2, 0.25) is 0 Å². The Hall–Kier alpha value is -2.80. The molecule has 3 aromatic rings. The maximum absolute atomic E-state index is 12.9. The highest BCUT2D eigenvalue weighted by atomic mass is 32.2. The molecule has 6 nitrogen and oxygen atoms in total. The number of ether oxygens (including phenoxy) is 1. The van der Waals surface area contributed by atoms with Crippen molar-refractivity contribution in [2.45, 2.75) is 44.9 Å². The first-order valence-electron chi connectivity index (χ1n) is 9.19. The Morgan fingerprint density at radius 3 is 2.24 bits per heavy atom. The summed E-state index contributed by atoms with van der Waals surface area (Å²) in [4.78, 5) is 12.3. The third-order valence-electron chi connectivity index (χ3n) is 4.88. The van der Waals surface area contributed by atoms with Gasteiger partial charge in [-0.25, -0.2) is 13.2 Å². The molecule has 1 aromatic heterocycles. The molecular weight excluding hydrogens is 390 g/mol. The molecule has 0 aliphatic rings. The summed E-state index contributed by atoms with van der Waals surface area (Å²) in [6.45, 7) is 9.65. The van der Waals surface area contributed by atoms with E-state index < -0.39 is 16.0 Å². The van der Waals surface area contributed by atoms with E-state index >= 15 is 0 Å². The van der Waals surface area contributed by atoms with E-state index in [9.17, 15) is 13.2 Å². The van der Waals surface area contributed by atoms with Crippen LogP contribution in [0.3, 0.4) is 0 Å². The highest BCUT2D eigenvalue weighted by Gasteiger charge is 2.22. The van der Waals surface area contributed by atoms with Gasteiger partial charge in [0.25, 0.3) is 10.0 Å². The molecule has 0 amide bonds. The van der Waals surface area contributed by atoms with Gasteiger partial charge in [0, 0.05) is 5.39 Å². The van der Waals surface area contributed by atoms with Crippen LogP contribution in [0.5, 0.6) is 0 Å². The predicted molar refractivity (Wildman–Crippen MR) is 113 cm³/mol. The van der Waals surface area contributed by atoms with Crippen LogP contribution in [-0.2, 0) is 20.2 Å². The summed E-state index contributed by atoms with van der Waals surface area (Å²) in [5.74, 6) is -0.110. The first-order valence-corrected chi connectivity index (χ1v) is 10.7. The molecule has 0 radical (unpaired) electrons. The molecule has 154 valence electrons. The molecule has 3 rings (SSSR count). The molecule has 1 N–H and O–H groups in total. The molecular formula is C22H25NO5S. The second-order valence-corrected chi connectivity index (χ2v) is 9.75. The van der Waals surface area contributed by atoms with Gasteiger partial charge in [-0.2, -0.15) is 0 Å². The summed E-state index contributed by atoms with van der Waals surface area (Å²) in [6, 6.07) is 10.1. The molecule has 0 aliphatic carbocycles. The quantitative estimate of drug-likeness (QED) is 0.610. The second kappa shape index (κ2) is 7.22. The number of hydrogen-bond donors (Lipinski definition) is 1. The third-order valence-corrected chi connectivity index (χ3v) is 6.26. The zero-order chi connectivity index (χ0) is 21.6. The molecule has 0 unspecified atom stereocenters. The Labute approximate surface area is 170 Å². The smallest absolute Gasteiger partial charge is 0.342 e. The summed E-state index contributed by atoms with van der Waals surface area (Å²) >= 11 is 0. The van der Waals surface area contributed by atoms with Gasteiger partial charge in [-0.1, -0.05) is 32.9 Å². The van der Waals surface area contributed by atoms with Crippen molar-refractivity contribution in [3.63, 3.8) is 0 Å². The fourth-order valence-electron chi connectivity index (χ4n) is 3.17. The van der Waals surface area contributed by atoms with Crippen molar-refractivity contribution < 1.29 is 22.4 Å². The van der Waals surface area contributed by atoms with E-state index in [0.29, 0.717) is 28.0 Å². The van der Waals surface area contributed by atoms with Gasteiger partial charge >= 0.3 is 5.97 Å². The minimum Gasteiger partial charge on any atom is -0.465 e. The van der Waals surface area contributed by atoms with E-state index in [4.69, 9.17) is 9.15 Å². The fraction of sp³-hybridized carbons (Fsp3) is 0.318. The number of esters is 1. The van der Waals surface area contributed by atoms with E-state index in [-0.39, 0.29) is 15.9 Å². The van der Waals surface area contributed by atoms with Crippen molar-refractivity contribution in [2.24, 2.45) is 0 Å². The lowest BCUT2D eigenvalue weighted by Crippen LogP contribution is -2.15. The van der Waals surface area contributed by atoms with E-state index in [0.717, 1.165) is 5.56 Å². The van der Waals surface area contributed by atoms with Crippen LogP contribution in [0.15, 0.2) is 45.7 Å². The molecule has 7 heteroatoms. The minimum absolute atomic E-state index is 0.0687. The number of carbonyl (C=O) groups is 1. The number of methoxy groups -OCH3 is 1. The summed E-state index contributed by atoms with van der Waals surface area (Å²) in [7, 11) is -2.50. The average Bonchev–Trinajstić information content (AvgIpc) is 2.95. The fourth-order valence-corrected chi connectivity index (χ4v) is 4.29. The normalized spacial score (nSPS) is 12.2. The lowest BCUT2D eigenvalue weighted by Gasteiger charge is -2.19. The number of hydrogen-bond acceptors (Lipinski definition) is 5. The molecule has 2 aromatic carbocycles. The lowest BCUT2D eigenvalue weighted by atomic mass is 9.87. The lowest BCUT2D eigenvalue weighted by molar-refractivity contribution is 0.0600. The van der Waals surface area contributed by atoms with Gasteiger partial charge in [0.05, 0.1) is 17.7 Å². The van der Waals surface area contributed by atoms with Crippen molar-refractivity contribution in [2.75, 3.05) is 11.8 Å². The van der Waals surface area contributed by atoms with Crippen molar-refractivity contribution in [3.8, 4) is 0 Å². The zero-order valence-electron chi connectivity index (χ0n) is 17.4. The summed E-state index contributed by atoms with van der Waals surface area (Å²) in [5.41, 5.74) is 2.82. The standard InChI is InChI=1S/C22H25NO5S/c1-13-11-19-17(20(14(2)28-19)21(24)27-6)12-18(13)23-29(25,26)16-9-7-15(8-10-16)22(3,4)5/h7-12,23H,1-6H3. The largest absolute Gasteiger partial charge is 0.465 e. The van der Waals surface area contributed by atoms with Crippen LogP contribution < -0.4 is 4.72 Å². The van der Waals surface area contributed by atoms with Crippen LogP contribution in [-0.4, -0.2) is 21.5 Å². The second-order valence-electron chi connectivity index (χ2n) is 8.07. The van der Waals surface area contributed by atoms with E-state index in [2.05, 4.69) is 25.5 Å². The van der Waals surface area contributed by atoms with Crippen LogP contribution in [0, 0.1) is 13.8 Å². The van der Waals surface area contributed by atoms with Crippen molar-refractivity contribution in [1.29, 1.82) is 0 Å². The Morgan fingerprint density at radius 2 is 1.69 bits per heavy atom. The maximum Gasteiger partial charge on any atom is 0.342 e. The monoisotopic (exact) mass is 415 g/mol. The molecule has 0 saturated carbocycles. The number of carbonyl (C=O) groups excluding carboxylic acids is 1. The van der Waals surface area contributed by atoms with Gasteiger partial charge in [-0.15, -0.1) is 0 Å². The molecule has 0 fully saturated rings. The van der Waals surface area contributed by atoms with Gasteiger partial charge in [0.15, 0.2) is 0 Å². The first-order chi connectivity index (χ1) is 13.4. The third kappa shape index (κ3) is 4.00. The molecule has 0 saturated heterocycles. The van der Waals surface area contributed by atoms with E-state index in [1.807, 2.05) is 12.1 Å². The number of fused-ring (bicyclic) bond motifs is 1. The molecule has 0 aliphatic heterocycles. The van der Waals surface area contributed by atoms with Crippen LogP contribution >= 0.6 is 0 Å². The average molecular weight is 416 g/mol. The van der Waals surface area contributed by atoms with Crippen LogP contribution in [0.1, 0.15) is 48.0 Å². The number of rotatable bonds is 4. The van der Waals surface area contributed by atoms with Crippen LogP contribution in [0.2, 0.25) is 0 Å². The Bertz CT molecular complexity index is 1180. The highest BCUT2D eigenvalue weighted by molar-refractivity contribution is 7.92. The SMILES string of the molecule is COC(=O)c1c(C)oc2cc(C)c(NS(=O)(=O)c3ccc(C(C)(C)C)cc3)cc12. The Morgan fingerprint density at radius 1 is 1.07 bits per heavy atom. The number of furan rings is 1. The molecule has 0 atom stereocenters. The topological polar surface area (TPSA) is 85.6 Å². The number of nitrogens with one attached hydrogen (secondary N) is 1. The predicted octanol–water partition coefficient (Wildman–Crippen LogP) is 4.93. The summed E-state index contributed by atoms with van der Waals surface area (Å²) in [6.07, 6.45) is 0. The molecule has 0 bridgehead atoms. The number of sulfonamides is 1. The van der Waals surface area contributed by atoms with Crippen LogP contribution in [0.25, 0.3) is 11.0 Å². The molecule has 1 heterocycles. The maximum atomic E-state index is 12.9. The first kappa shape index (κ1) is 20.9. The van der Waals surface area contributed by atoms with Crippen molar-refractivity contribution in [3.05, 3.63) is 58.8 Å². The van der Waals surface area contributed by atoms with E-state index in [1.165, 1.54) is 7.11 Å². The zero-order valence-corrected chi connectivity index (χ0v) is 18.2. The van der Waals surface area contributed by atoms with E-state index in [1.54, 1.807) is 38.1 Å². The molecule has 29 heavy (non-hydrogen) atoms.